The lowest BCUT2D eigenvalue weighted by Crippen LogP contribution is -2.41. The highest BCUT2D eigenvalue weighted by atomic mass is 35.5. The Morgan fingerprint density at radius 3 is 1.26 bits per heavy atom. The minimum atomic E-state index is -0.295. The van der Waals surface area contributed by atoms with Gasteiger partial charge in [-0.2, -0.15) is 0 Å². The molecule has 4 aliphatic carbocycles. The fourth-order valence-corrected chi connectivity index (χ4v) is 8.85. The smallest absolute Gasteiger partial charge is 0.0580 e. The van der Waals surface area contributed by atoms with Gasteiger partial charge in [0.2, 0.25) is 0 Å². The van der Waals surface area contributed by atoms with Crippen LogP contribution in [0, 0.1) is 47.3 Å². The van der Waals surface area contributed by atoms with Gasteiger partial charge in [0.25, 0.3) is 0 Å². The number of alkyl halides is 2. The molecule has 14 atom stereocenters. The Hall–Kier alpha value is 0.420. The number of aliphatic hydroxyl groups excluding tert-OH is 4. The highest BCUT2D eigenvalue weighted by Crippen LogP contribution is 2.47. The van der Waals surface area contributed by atoms with Gasteiger partial charge in [-0.15, -0.1) is 23.2 Å². The summed E-state index contributed by atoms with van der Waals surface area (Å²) in [7, 11) is 0. The molecule has 0 amide bonds. The van der Waals surface area contributed by atoms with Crippen molar-refractivity contribution < 1.29 is 20.4 Å². The summed E-state index contributed by atoms with van der Waals surface area (Å²) < 4.78 is 0. The topological polar surface area (TPSA) is 80.9 Å². The lowest BCUT2D eigenvalue weighted by atomic mass is 9.63. The van der Waals surface area contributed by atoms with E-state index in [0.717, 1.165) is 64.2 Å². The summed E-state index contributed by atoms with van der Waals surface area (Å²) in [5.74, 6) is 3.15. The molecule has 0 aromatic carbocycles. The Bertz CT molecular complexity index is 596. The van der Waals surface area contributed by atoms with Gasteiger partial charge in [0.15, 0.2) is 0 Å². The van der Waals surface area contributed by atoms with Gasteiger partial charge in [0.05, 0.1) is 24.4 Å². The van der Waals surface area contributed by atoms with Crippen molar-refractivity contribution >= 4 is 23.2 Å². The van der Waals surface area contributed by atoms with Gasteiger partial charge in [-0.3, -0.25) is 0 Å². The van der Waals surface area contributed by atoms with Crippen molar-refractivity contribution in [3.05, 3.63) is 0 Å². The molecule has 4 nitrogen and oxygen atoms in total. The predicted molar refractivity (Wildman–Crippen MR) is 138 cm³/mol. The van der Waals surface area contributed by atoms with Crippen molar-refractivity contribution in [3.8, 4) is 0 Å². The quantitative estimate of drug-likeness (QED) is 0.369. The third-order valence-electron chi connectivity index (χ3n) is 10.5. The number of halogens is 2. The van der Waals surface area contributed by atoms with Gasteiger partial charge in [-0.05, 0) is 124 Å². The summed E-state index contributed by atoms with van der Waals surface area (Å²) in [5.41, 5.74) is 0. The molecule has 4 aliphatic rings. The normalized spacial score (nSPS) is 52.9. The van der Waals surface area contributed by atoms with Crippen LogP contribution in [-0.2, 0) is 0 Å². The summed E-state index contributed by atoms with van der Waals surface area (Å²) in [6.07, 6.45) is 10.2. The minimum Gasteiger partial charge on any atom is -0.393 e. The van der Waals surface area contributed by atoms with Crippen LogP contribution in [0.5, 0.6) is 0 Å². The number of aliphatic hydroxyl groups is 4. The molecule has 6 heteroatoms. The predicted octanol–water partition coefficient (Wildman–Crippen LogP) is 5.35. The van der Waals surface area contributed by atoms with Crippen molar-refractivity contribution in [3.63, 3.8) is 0 Å². The van der Waals surface area contributed by atoms with Crippen LogP contribution in [0.4, 0.5) is 0 Å². The molecule has 0 heterocycles. The van der Waals surface area contributed by atoms with Crippen molar-refractivity contribution in [1.29, 1.82) is 0 Å². The van der Waals surface area contributed by atoms with Crippen molar-refractivity contribution in [2.24, 2.45) is 47.3 Å². The zero-order valence-electron chi connectivity index (χ0n) is 21.1. The standard InChI is InChI=1S/C28H48Cl2O4/c1-15-7-19(23(29)13-27(15)33)11-21-9-17(3-5-25(21)31)18-4-6-26(32)22(10-18)12-20-8-16(2)28(34)14-24(20)30/h15-28,31-34H,3-14H2,1-2H3. The molecule has 14 unspecified atom stereocenters. The van der Waals surface area contributed by atoms with Gasteiger partial charge < -0.3 is 20.4 Å². The van der Waals surface area contributed by atoms with Gasteiger partial charge >= 0.3 is 0 Å². The van der Waals surface area contributed by atoms with E-state index in [9.17, 15) is 20.4 Å². The van der Waals surface area contributed by atoms with Crippen LogP contribution in [0.1, 0.15) is 90.9 Å². The first-order valence-corrected chi connectivity index (χ1v) is 15.0. The van der Waals surface area contributed by atoms with Gasteiger partial charge in [-0.1, -0.05) is 13.8 Å². The van der Waals surface area contributed by atoms with Crippen LogP contribution < -0.4 is 0 Å². The van der Waals surface area contributed by atoms with Crippen LogP contribution >= 0.6 is 23.2 Å². The van der Waals surface area contributed by atoms with Crippen molar-refractivity contribution in [1.82, 2.24) is 0 Å². The average molecular weight is 520 g/mol. The second-order valence-electron chi connectivity index (χ2n) is 12.9. The first-order chi connectivity index (χ1) is 16.1. The van der Waals surface area contributed by atoms with E-state index in [0.29, 0.717) is 48.3 Å². The first-order valence-electron chi connectivity index (χ1n) is 14.1. The highest BCUT2D eigenvalue weighted by Gasteiger charge is 2.42. The summed E-state index contributed by atoms with van der Waals surface area (Å²) in [6.45, 7) is 4.24. The fraction of sp³-hybridized carbons (Fsp3) is 1.00. The monoisotopic (exact) mass is 518 g/mol. The Balaban J connectivity index is 1.34. The van der Waals surface area contributed by atoms with E-state index in [1.807, 2.05) is 0 Å². The Kier molecular flexibility index (Phi) is 9.58. The molecule has 4 fully saturated rings. The van der Waals surface area contributed by atoms with Gasteiger partial charge in [0.1, 0.15) is 0 Å². The van der Waals surface area contributed by atoms with E-state index < -0.39 is 0 Å². The fourth-order valence-electron chi connectivity index (χ4n) is 8.07. The minimum absolute atomic E-state index is 0.00730. The largest absolute Gasteiger partial charge is 0.393 e. The maximum Gasteiger partial charge on any atom is 0.0580 e. The molecule has 0 spiro atoms. The molecule has 198 valence electrons. The van der Waals surface area contributed by atoms with Crippen LogP contribution in [-0.4, -0.2) is 55.6 Å². The Morgan fingerprint density at radius 2 is 0.882 bits per heavy atom. The highest BCUT2D eigenvalue weighted by molar-refractivity contribution is 6.21. The van der Waals surface area contributed by atoms with E-state index in [4.69, 9.17) is 23.2 Å². The second kappa shape index (κ2) is 11.9. The third-order valence-corrected chi connectivity index (χ3v) is 11.5. The number of rotatable bonds is 5. The molecule has 0 bridgehead atoms. The maximum absolute atomic E-state index is 10.8. The van der Waals surface area contributed by atoms with E-state index >= 15 is 0 Å². The summed E-state index contributed by atoms with van der Waals surface area (Å²) in [5, 5.41) is 42.0. The van der Waals surface area contributed by atoms with Gasteiger partial charge in [-0.25, -0.2) is 0 Å². The molecular formula is C28H48Cl2O4. The van der Waals surface area contributed by atoms with Crippen LogP contribution in [0.3, 0.4) is 0 Å². The van der Waals surface area contributed by atoms with E-state index in [1.165, 1.54) is 0 Å². The third kappa shape index (κ3) is 6.45. The first kappa shape index (κ1) is 27.5. The molecule has 0 aromatic rings. The van der Waals surface area contributed by atoms with Crippen molar-refractivity contribution in [2.75, 3.05) is 0 Å². The van der Waals surface area contributed by atoms with E-state index in [1.54, 1.807) is 0 Å². The zero-order valence-corrected chi connectivity index (χ0v) is 22.6. The van der Waals surface area contributed by atoms with Crippen LogP contribution in [0.2, 0.25) is 0 Å². The molecule has 4 saturated carbocycles. The van der Waals surface area contributed by atoms with Crippen LogP contribution in [0.15, 0.2) is 0 Å². The summed E-state index contributed by atoms with van der Waals surface area (Å²) >= 11 is 13.3. The molecule has 4 N–H and O–H groups in total. The van der Waals surface area contributed by atoms with E-state index in [-0.39, 0.29) is 47.0 Å². The molecular weight excluding hydrogens is 471 g/mol. The lowest BCUT2D eigenvalue weighted by molar-refractivity contribution is -0.0239. The van der Waals surface area contributed by atoms with Crippen LogP contribution in [0.25, 0.3) is 0 Å². The zero-order chi connectivity index (χ0) is 24.6. The Labute approximate surface area is 216 Å². The van der Waals surface area contributed by atoms with Gasteiger partial charge in [0, 0.05) is 10.8 Å². The Morgan fingerprint density at radius 1 is 0.500 bits per heavy atom. The average Bonchev–Trinajstić information content (AvgIpc) is 2.78. The molecule has 4 rings (SSSR count). The molecule has 0 saturated heterocycles. The summed E-state index contributed by atoms with van der Waals surface area (Å²) in [6, 6.07) is 0. The number of hydrogen-bond acceptors (Lipinski definition) is 4. The van der Waals surface area contributed by atoms with E-state index in [2.05, 4.69) is 13.8 Å². The maximum atomic E-state index is 10.8. The lowest BCUT2D eigenvalue weighted by Gasteiger charge is -2.45. The molecule has 34 heavy (non-hydrogen) atoms. The summed E-state index contributed by atoms with van der Waals surface area (Å²) in [4.78, 5) is 0. The van der Waals surface area contributed by atoms with Crippen molar-refractivity contribution in [2.45, 2.75) is 126 Å². The molecule has 0 aliphatic heterocycles. The number of hydrogen-bond donors (Lipinski definition) is 4. The second-order valence-corrected chi connectivity index (χ2v) is 14.0. The SMILES string of the molecule is CC1CC(CC2CC(C3CCC(O)C(CC4CC(C)C(O)CC4Cl)C3)CCC2O)C(Cl)CC1O. The molecule has 0 aromatic heterocycles. The molecule has 0 radical (unpaired) electrons.